The van der Waals surface area contributed by atoms with E-state index in [4.69, 9.17) is 0 Å². The summed E-state index contributed by atoms with van der Waals surface area (Å²) in [5.41, 5.74) is 1.03. The van der Waals surface area contributed by atoms with Gasteiger partial charge in [-0.1, -0.05) is 0 Å². The zero-order valence-electron chi connectivity index (χ0n) is 10.2. The number of hydrogen-bond donors (Lipinski definition) is 1. The lowest BCUT2D eigenvalue weighted by molar-refractivity contribution is -0.143. The number of hydrogen-bond acceptors (Lipinski definition) is 3. The molecule has 1 aliphatic heterocycles. The van der Waals surface area contributed by atoms with E-state index in [2.05, 4.69) is 10.3 Å². The van der Waals surface area contributed by atoms with E-state index in [-0.39, 0.29) is 6.04 Å². The summed E-state index contributed by atoms with van der Waals surface area (Å²) in [5.74, 6) is 0. The van der Waals surface area contributed by atoms with Crippen molar-refractivity contribution in [1.29, 1.82) is 0 Å². The Kier molecular flexibility index (Phi) is 3.91. The maximum atomic E-state index is 12.2. The minimum absolute atomic E-state index is 0.127. The van der Waals surface area contributed by atoms with E-state index in [1.54, 1.807) is 12.5 Å². The van der Waals surface area contributed by atoms with E-state index in [0.717, 1.165) is 12.1 Å². The zero-order chi connectivity index (χ0) is 13.2. The standard InChI is InChI=1S/C11H17F3N4/c1-17-8-15-4-10(17)5-16-9-2-3-18(6-9)7-11(12,13)14/h4,8-9,16H,2-3,5-7H2,1H3. The normalized spacial score (nSPS) is 21.7. The Morgan fingerprint density at radius 1 is 1.50 bits per heavy atom. The number of nitrogens with zero attached hydrogens (tertiary/aromatic N) is 3. The first-order valence-electron chi connectivity index (χ1n) is 5.92. The van der Waals surface area contributed by atoms with E-state index in [1.807, 2.05) is 11.6 Å². The van der Waals surface area contributed by atoms with Gasteiger partial charge >= 0.3 is 6.18 Å². The fraction of sp³-hybridized carbons (Fsp3) is 0.727. The van der Waals surface area contributed by atoms with Gasteiger partial charge in [-0.15, -0.1) is 0 Å². The molecular formula is C11H17F3N4. The van der Waals surface area contributed by atoms with Crippen LogP contribution in [0.25, 0.3) is 0 Å². The molecule has 1 N–H and O–H groups in total. The van der Waals surface area contributed by atoms with E-state index in [1.165, 1.54) is 4.90 Å². The summed E-state index contributed by atoms with van der Waals surface area (Å²) in [5, 5.41) is 3.27. The molecule has 4 nitrogen and oxygen atoms in total. The highest BCUT2D eigenvalue weighted by atomic mass is 19.4. The van der Waals surface area contributed by atoms with Crippen LogP contribution in [-0.2, 0) is 13.6 Å². The van der Waals surface area contributed by atoms with Crippen molar-refractivity contribution in [2.45, 2.75) is 25.2 Å². The molecule has 0 radical (unpaired) electrons. The summed E-state index contributed by atoms with van der Waals surface area (Å²) in [7, 11) is 1.90. The predicted octanol–water partition coefficient (Wildman–Crippen LogP) is 1.15. The number of alkyl halides is 3. The zero-order valence-corrected chi connectivity index (χ0v) is 10.2. The van der Waals surface area contributed by atoms with Crippen LogP contribution in [0.15, 0.2) is 12.5 Å². The monoisotopic (exact) mass is 262 g/mol. The average molecular weight is 262 g/mol. The average Bonchev–Trinajstić information content (AvgIpc) is 2.82. The van der Waals surface area contributed by atoms with Crippen molar-refractivity contribution in [3.05, 3.63) is 18.2 Å². The molecule has 102 valence electrons. The maximum Gasteiger partial charge on any atom is 0.401 e. The van der Waals surface area contributed by atoms with Crippen LogP contribution in [0.4, 0.5) is 13.2 Å². The molecule has 0 aliphatic carbocycles. The predicted molar refractivity (Wildman–Crippen MR) is 60.9 cm³/mol. The third kappa shape index (κ3) is 3.71. The molecule has 0 bridgehead atoms. The van der Waals surface area contributed by atoms with Crippen LogP contribution in [-0.4, -0.2) is 46.3 Å². The molecular weight excluding hydrogens is 245 g/mol. The Bertz CT molecular complexity index is 388. The Morgan fingerprint density at radius 3 is 2.89 bits per heavy atom. The van der Waals surface area contributed by atoms with E-state index < -0.39 is 12.7 Å². The van der Waals surface area contributed by atoms with Gasteiger partial charge in [-0.25, -0.2) is 4.98 Å². The third-order valence-corrected chi connectivity index (χ3v) is 3.16. The number of rotatable bonds is 4. The van der Waals surface area contributed by atoms with Gasteiger partial charge in [0, 0.05) is 38.9 Å². The van der Waals surface area contributed by atoms with Gasteiger partial charge in [0.25, 0.3) is 0 Å². The Labute approximate surface area is 104 Å². The summed E-state index contributed by atoms with van der Waals surface area (Å²) < 4.78 is 38.6. The van der Waals surface area contributed by atoms with Crippen LogP contribution in [0, 0.1) is 0 Å². The Hall–Kier alpha value is -1.08. The molecule has 1 aromatic rings. The Balaban J connectivity index is 1.75. The second-order valence-electron chi connectivity index (χ2n) is 4.71. The molecule has 2 heterocycles. The lowest BCUT2D eigenvalue weighted by Gasteiger charge is -2.18. The van der Waals surface area contributed by atoms with Crippen molar-refractivity contribution >= 4 is 0 Å². The molecule has 1 aromatic heterocycles. The first-order chi connectivity index (χ1) is 8.44. The smallest absolute Gasteiger partial charge is 0.337 e. The lowest BCUT2D eigenvalue weighted by atomic mass is 10.2. The van der Waals surface area contributed by atoms with Crippen LogP contribution in [0.3, 0.4) is 0 Å². The molecule has 7 heteroatoms. The van der Waals surface area contributed by atoms with Crippen molar-refractivity contribution in [2.75, 3.05) is 19.6 Å². The van der Waals surface area contributed by atoms with E-state index in [9.17, 15) is 13.2 Å². The van der Waals surface area contributed by atoms with Crippen LogP contribution in [0.1, 0.15) is 12.1 Å². The number of likely N-dealkylation sites (tertiary alicyclic amines) is 1. The number of aryl methyl sites for hydroxylation is 1. The quantitative estimate of drug-likeness (QED) is 0.883. The van der Waals surface area contributed by atoms with Gasteiger partial charge in [0.2, 0.25) is 0 Å². The van der Waals surface area contributed by atoms with Gasteiger partial charge < -0.3 is 9.88 Å². The van der Waals surface area contributed by atoms with Gasteiger partial charge in [0.1, 0.15) is 0 Å². The fourth-order valence-corrected chi connectivity index (χ4v) is 2.20. The highest BCUT2D eigenvalue weighted by Gasteiger charge is 2.34. The molecule has 1 saturated heterocycles. The van der Waals surface area contributed by atoms with Crippen LogP contribution in [0.5, 0.6) is 0 Å². The SMILES string of the molecule is Cn1cncc1CNC1CCN(CC(F)(F)F)C1. The van der Waals surface area contributed by atoms with Gasteiger partial charge in [0.05, 0.1) is 18.6 Å². The van der Waals surface area contributed by atoms with Crippen LogP contribution < -0.4 is 5.32 Å². The second-order valence-corrected chi connectivity index (χ2v) is 4.71. The first kappa shape index (κ1) is 13.4. The largest absolute Gasteiger partial charge is 0.401 e. The topological polar surface area (TPSA) is 33.1 Å². The van der Waals surface area contributed by atoms with Crippen molar-refractivity contribution < 1.29 is 13.2 Å². The number of nitrogens with one attached hydrogen (secondary N) is 1. The molecule has 0 spiro atoms. The van der Waals surface area contributed by atoms with Crippen molar-refractivity contribution in [3.63, 3.8) is 0 Å². The molecule has 0 aromatic carbocycles. The number of halogens is 3. The van der Waals surface area contributed by atoms with Crippen molar-refractivity contribution in [3.8, 4) is 0 Å². The Morgan fingerprint density at radius 2 is 2.28 bits per heavy atom. The summed E-state index contributed by atoms with van der Waals surface area (Å²) in [6, 6.07) is 0.127. The minimum Gasteiger partial charge on any atom is -0.337 e. The maximum absolute atomic E-state index is 12.2. The van der Waals surface area contributed by atoms with E-state index in [0.29, 0.717) is 19.6 Å². The lowest BCUT2D eigenvalue weighted by Crippen LogP contribution is -2.36. The van der Waals surface area contributed by atoms with Gasteiger partial charge in [-0.2, -0.15) is 13.2 Å². The minimum atomic E-state index is -4.10. The van der Waals surface area contributed by atoms with Gasteiger partial charge in [-0.05, 0) is 6.42 Å². The van der Waals surface area contributed by atoms with Crippen molar-refractivity contribution in [1.82, 2.24) is 19.8 Å². The van der Waals surface area contributed by atoms with E-state index >= 15 is 0 Å². The highest BCUT2D eigenvalue weighted by Crippen LogP contribution is 2.20. The molecule has 0 amide bonds. The van der Waals surface area contributed by atoms with Crippen LogP contribution in [0.2, 0.25) is 0 Å². The molecule has 1 unspecified atom stereocenters. The summed E-state index contributed by atoms with van der Waals surface area (Å²) >= 11 is 0. The molecule has 1 aliphatic rings. The summed E-state index contributed by atoms with van der Waals surface area (Å²) in [4.78, 5) is 5.44. The molecule has 1 fully saturated rings. The molecule has 2 rings (SSSR count). The fourth-order valence-electron chi connectivity index (χ4n) is 2.20. The first-order valence-corrected chi connectivity index (χ1v) is 5.92. The van der Waals surface area contributed by atoms with Crippen molar-refractivity contribution in [2.24, 2.45) is 7.05 Å². The summed E-state index contributed by atoms with van der Waals surface area (Å²) in [6.07, 6.45) is 0.127. The molecule has 0 saturated carbocycles. The highest BCUT2D eigenvalue weighted by molar-refractivity contribution is 4.97. The number of imidazole rings is 1. The van der Waals surface area contributed by atoms with Gasteiger partial charge in [-0.3, -0.25) is 4.90 Å². The third-order valence-electron chi connectivity index (χ3n) is 3.16. The van der Waals surface area contributed by atoms with Gasteiger partial charge in [0.15, 0.2) is 0 Å². The molecule has 1 atom stereocenters. The number of aromatic nitrogens is 2. The van der Waals surface area contributed by atoms with Crippen LogP contribution >= 0.6 is 0 Å². The second kappa shape index (κ2) is 5.27. The molecule has 18 heavy (non-hydrogen) atoms. The summed E-state index contributed by atoms with van der Waals surface area (Å²) in [6.45, 7) is 0.790.